The van der Waals surface area contributed by atoms with Crippen molar-refractivity contribution in [2.75, 3.05) is 0 Å². The monoisotopic (exact) mass is 201 g/mol. The Morgan fingerprint density at radius 3 is 2.07 bits per heavy atom. The first kappa shape index (κ1) is 9.46. The summed E-state index contributed by atoms with van der Waals surface area (Å²) in [6.07, 6.45) is 8.03. The van der Waals surface area contributed by atoms with Crippen LogP contribution in [0.25, 0.3) is 0 Å². The number of hydrogen-bond acceptors (Lipinski definition) is 1. The maximum absolute atomic E-state index is 9.20. The third-order valence-corrected chi connectivity index (χ3v) is 4.85. The number of allylic oxidation sites excluding steroid dienone is 2. The van der Waals surface area contributed by atoms with Crippen LogP contribution >= 0.6 is 0 Å². The Bertz CT molecular complexity index is 315. The molecule has 0 N–H and O–H groups in total. The Morgan fingerprint density at radius 1 is 1.13 bits per heavy atom. The Hall–Kier alpha value is -0.770. The lowest BCUT2D eigenvalue weighted by Crippen LogP contribution is -2.40. The average molecular weight is 201 g/mol. The SMILES string of the molecule is CCC(C#N)=C1C2CC3CC(C2)CC1C3. The number of nitriles is 1. The zero-order valence-corrected chi connectivity index (χ0v) is 9.50. The van der Waals surface area contributed by atoms with Crippen LogP contribution in [0.15, 0.2) is 11.1 Å². The molecule has 80 valence electrons. The summed E-state index contributed by atoms with van der Waals surface area (Å²) >= 11 is 0. The van der Waals surface area contributed by atoms with E-state index in [1.807, 2.05) is 0 Å². The highest BCUT2D eigenvalue weighted by Gasteiger charge is 2.45. The van der Waals surface area contributed by atoms with Gasteiger partial charge in [-0.1, -0.05) is 12.5 Å². The van der Waals surface area contributed by atoms with Crippen LogP contribution in [0.4, 0.5) is 0 Å². The lowest BCUT2D eigenvalue weighted by Gasteiger charge is -2.51. The van der Waals surface area contributed by atoms with Crippen molar-refractivity contribution < 1.29 is 0 Å². The van der Waals surface area contributed by atoms with Crippen LogP contribution in [0.2, 0.25) is 0 Å². The quantitative estimate of drug-likeness (QED) is 0.594. The van der Waals surface area contributed by atoms with Gasteiger partial charge in [-0.25, -0.2) is 0 Å². The third-order valence-electron chi connectivity index (χ3n) is 4.85. The van der Waals surface area contributed by atoms with Crippen LogP contribution in [-0.4, -0.2) is 0 Å². The van der Waals surface area contributed by atoms with Crippen LogP contribution in [0.3, 0.4) is 0 Å². The van der Waals surface area contributed by atoms with Gasteiger partial charge < -0.3 is 0 Å². The highest BCUT2D eigenvalue weighted by molar-refractivity contribution is 5.34. The van der Waals surface area contributed by atoms with E-state index < -0.39 is 0 Å². The molecular weight excluding hydrogens is 182 g/mol. The second-order valence-corrected chi connectivity index (χ2v) is 5.70. The second kappa shape index (κ2) is 3.37. The first-order chi connectivity index (χ1) is 7.31. The zero-order valence-electron chi connectivity index (χ0n) is 9.50. The van der Waals surface area contributed by atoms with Crippen LogP contribution in [-0.2, 0) is 0 Å². The van der Waals surface area contributed by atoms with Gasteiger partial charge in [0.15, 0.2) is 0 Å². The van der Waals surface area contributed by atoms with Crippen molar-refractivity contribution in [3.8, 4) is 6.07 Å². The van der Waals surface area contributed by atoms with E-state index in [1.165, 1.54) is 32.1 Å². The molecule has 0 aromatic rings. The molecule has 0 unspecified atom stereocenters. The number of nitrogens with zero attached hydrogens (tertiary/aromatic N) is 1. The van der Waals surface area contributed by atoms with E-state index >= 15 is 0 Å². The lowest BCUT2D eigenvalue weighted by molar-refractivity contribution is 0.0686. The predicted octanol–water partition coefficient (Wildman–Crippen LogP) is 3.67. The van der Waals surface area contributed by atoms with Crippen molar-refractivity contribution in [2.24, 2.45) is 23.7 Å². The van der Waals surface area contributed by atoms with E-state index in [0.717, 1.165) is 35.7 Å². The maximum atomic E-state index is 9.20. The fourth-order valence-electron chi connectivity index (χ4n) is 4.53. The predicted molar refractivity (Wildman–Crippen MR) is 60.0 cm³/mol. The summed E-state index contributed by atoms with van der Waals surface area (Å²) in [5.41, 5.74) is 2.72. The molecule has 4 bridgehead atoms. The van der Waals surface area contributed by atoms with Crippen molar-refractivity contribution in [3.63, 3.8) is 0 Å². The summed E-state index contributed by atoms with van der Waals surface area (Å²) in [5.74, 6) is 3.62. The Morgan fingerprint density at radius 2 is 1.67 bits per heavy atom. The van der Waals surface area contributed by atoms with Crippen molar-refractivity contribution in [3.05, 3.63) is 11.1 Å². The van der Waals surface area contributed by atoms with Gasteiger partial charge in [0.1, 0.15) is 0 Å². The molecule has 1 heteroatoms. The molecule has 4 fully saturated rings. The van der Waals surface area contributed by atoms with E-state index in [9.17, 15) is 5.26 Å². The number of hydrogen-bond donors (Lipinski definition) is 0. The van der Waals surface area contributed by atoms with Gasteiger partial charge in [0.05, 0.1) is 6.07 Å². The minimum Gasteiger partial charge on any atom is -0.193 e. The highest BCUT2D eigenvalue weighted by Crippen LogP contribution is 2.57. The molecule has 4 aliphatic rings. The fraction of sp³-hybridized carbons (Fsp3) is 0.786. The molecule has 4 saturated carbocycles. The molecule has 15 heavy (non-hydrogen) atoms. The summed E-state index contributed by atoms with van der Waals surface area (Å²) in [7, 11) is 0. The van der Waals surface area contributed by atoms with E-state index in [4.69, 9.17) is 0 Å². The van der Waals surface area contributed by atoms with Crippen LogP contribution in [0.5, 0.6) is 0 Å². The molecule has 0 atom stereocenters. The Kier molecular flexibility index (Phi) is 2.12. The van der Waals surface area contributed by atoms with Crippen molar-refractivity contribution in [1.29, 1.82) is 5.26 Å². The Balaban J connectivity index is 1.99. The van der Waals surface area contributed by atoms with Crippen LogP contribution < -0.4 is 0 Å². The van der Waals surface area contributed by atoms with Gasteiger partial charge in [0.2, 0.25) is 0 Å². The zero-order chi connectivity index (χ0) is 10.4. The summed E-state index contributed by atoms with van der Waals surface area (Å²) < 4.78 is 0. The first-order valence-electron chi connectivity index (χ1n) is 6.44. The lowest BCUT2D eigenvalue weighted by atomic mass is 9.53. The minimum atomic E-state index is 0.802. The van der Waals surface area contributed by atoms with Gasteiger partial charge in [-0.3, -0.25) is 0 Å². The van der Waals surface area contributed by atoms with E-state index in [-0.39, 0.29) is 0 Å². The molecule has 0 aliphatic heterocycles. The van der Waals surface area contributed by atoms with Gasteiger partial charge >= 0.3 is 0 Å². The molecule has 1 nitrogen and oxygen atoms in total. The van der Waals surface area contributed by atoms with E-state index in [0.29, 0.717) is 0 Å². The van der Waals surface area contributed by atoms with Crippen molar-refractivity contribution in [1.82, 2.24) is 0 Å². The topological polar surface area (TPSA) is 23.8 Å². The molecule has 0 aromatic heterocycles. The van der Waals surface area contributed by atoms with Crippen LogP contribution in [0, 0.1) is 35.0 Å². The molecule has 4 aliphatic carbocycles. The summed E-state index contributed by atoms with van der Waals surface area (Å²) in [5, 5.41) is 9.20. The smallest absolute Gasteiger partial charge is 0.0946 e. The maximum Gasteiger partial charge on any atom is 0.0946 e. The normalized spacial score (nSPS) is 41.7. The Labute approximate surface area is 92.2 Å². The van der Waals surface area contributed by atoms with Gasteiger partial charge in [0.25, 0.3) is 0 Å². The summed E-state index contributed by atoms with van der Waals surface area (Å²) in [4.78, 5) is 0. The number of rotatable bonds is 1. The molecular formula is C14H19N. The molecule has 0 aromatic carbocycles. The van der Waals surface area contributed by atoms with Gasteiger partial charge in [0, 0.05) is 5.57 Å². The third kappa shape index (κ3) is 1.34. The summed E-state index contributed by atoms with van der Waals surface area (Å²) in [6, 6.07) is 2.46. The first-order valence-corrected chi connectivity index (χ1v) is 6.44. The van der Waals surface area contributed by atoms with Crippen molar-refractivity contribution >= 4 is 0 Å². The van der Waals surface area contributed by atoms with Gasteiger partial charge in [-0.2, -0.15) is 5.26 Å². The molecule has 0 amide bonds. The summed E-state index contributed by atoms with van der Waals surface area (Å²) in [6.45, 7) is 2.14. The molecule has 0 spiro atoms. The van der Waals surface area contributed by atoms with Gasteiger partial charge in [-0.05, 0) is 62.2 Å². The van der Waals surface area contributed by atoms with Gasteiger partial charge in [-0.15, -0.1) is 0 Å². The van der Waals surface area contributed by atoms with Crippen molar-refractivity contribution in [2.45, 2.75) is 45.4 Å². The standard InChI is InChI=1S/C14H19N/c1-2-11(8-15)14-12-4-9-3-10(6-12)7-13(14)5-9/h9-10,12-13H,2-7H2,1H3. The fourth-order valence-corrected chi connectivity index (χ4v) is 4.53. The molecule has 0 saturated heterocycles. The minimum absolute atomic E-state index is 0.802. The highest BCUT2D eigenvalue weighted by atomic mass is 14.5. The van der Waals surface area contributed by atoms with Crippen LogP contribution in [0.1, 0.15) is 45.4 Å². The largest absolute Gasteiger partial charge is 0.193 e. The molecule has 0 heterocycles. The average Bonchev–Trinajstić information content (AvgIpc) is 2.22. The second-order valence-electron chi connectivity index (χ2n) is 5.70. The van der Waals surface area contributed by atoms with E-state index in [1.54, 1.807) is 5.57 Å². The molecule has 4 rings (SSSR count). The molecule has 0 radical (unpaired) electrons. The van der Waals surface area contributed by atoms with E-state index in [2.05, 4.69) is 13.0 Å².